The highest BCUT2D eigenvalue weighted by atomic mass is 15.0. The highest BCUT2D eigenvalue weighted by molar-refractivity contribution is 5.07. The lowest BCUT2D eigenvalue weighted by atomic mass is 10.1. The van der Waals surface area contributed by atoms with Crippen LogP contribution in [0.25, 0.3) is 0 Å². The molecule has 0 radical (unpaired) electrons. The predicted molar refractivity (Wildman–Crippen MR) is 73.0 cm³/mol. The molecule has 0 aliphatic heterocycles. The summed E-state index contributed by atoms with van der Waals surface area (Å²) in [5.41, 5.74) is 1.43. The van der Waals surface area contributed by atoms with Gasteiger partial charge in [-0.2, -0.15) is 0 Å². The van der Waals surface area contributed by atoms with Crippen LogP contribution in [0.4, 0.5) is 0 Å². The summed E-state index contributed by atoms with van der Waals surface area (Å²) in [6, 6.07) is 5.12. The smallest absolute Gasteiger partial charge is 0.0361 e. The zero-order chi connectivity index (χ0) is 12.1. The van der Waals surface area contributed by atoms with Crippen LogP contribution in [0, 0.1) is 5.92 Å². The molecule has 1 heterocycles. The number of rotatable bonds is 8. The Morgan fingerprint density at radius 1 is 1.41 bits per heavy atom. The fourth-order valence-electron chi connectivity index (χ4n) is 2.47. The molecule has 1 aliphatic rings. The van der Waals surface area contributed by atoms with E-state index in [9.17, 15) is 0 Å². The van der Waals surface area contributed by atoms with Gasteiger partial charge in [-0.3, -0.25) is 0 Å². The topological polar surface area (TPSA) is 17.0 Å². The van der Waals surface area contributed by atoms with Crippen molar-refractivity contribution < 1.29 is 0 Å². The summed E-state index contributed by atoms with van der Waals surface area (Å²) in [6.07, 6.45) is 8.97. The van der Waals surface area contributed by atoms with E-state index >= 15 is 0 Å². The molecular formula is C15H26N2. The Morgan fingerprint density at radius 3 is 2.88 bits per heavy atom. The lowest BCUT2D eigenvalue weighted by Crippen LogP contribution is -2.29. The van der Waals surface area contributed by atoms with Gasteiger partial charge in [0.05, 0.1) is 0 Å². The molecule has 1 atom stereocenters. The average Bonchev–Trinajstić information content (AvgIpc) is 3.05. The van der Waals surface area contributed by atoms with Crippen LogP contribution < -0.4 is 5.32 Å². The van der Waals surface area contributed by atoms with E-state index in [1.807, 2.05) is 0 Å². The SMILES string of the molecule is CCCn1cccc1CNC(CC)CC1CC1. The summed E-state index contributed by atoms with van der Waals surface area (Å²) in [7, 11) is 0. The Bertz CT molecular complexity index is 325. The van der Waals surface area contributed by atoms with Crippen LogP contribution in [-0.4, -0.2) is 10.6 Å². The summed E-state index contributed by atoms with van der Waals surface area (Å²) in [5, 5.41) is 3.72. The molecular weight excluding hydrogens is 208 g/mol. The van der Waals surface area contributed by atoms with Crippen molar-refractivity contribution in [3.8, 4) is 0 Å². The first-order valence-electron chi connectivity index (χ1n) is 7.20. The molecule has 0 amide bonds. The van der Waals surface area contributed by atoms with E-state index in [2.05, 4.69) is 42.1 Å². The maximum absolute atomic E-state index is 3.72. The standard InChI is InChI=1S/C15H26N2/c1-3-9-17-10-5-6-15(17)12-16-14(4-2)11-13-7-8-13/h5-6,10,13-14,16H,3-4,7-9,11-12H2,1-2H3. The van der Waals surface area contributed by atoms with Crippen molar-refractivity contribution in [1.29, 1.82) is 0 Å². The minimum Gasteiger partial charge on any atom is -0.350 e. The van der Waals surface area contributed by atoms with Gasteiger partial charge in [0.25, 0.3) is 0 Å². The minimum atomic E-state index is 0.715. The zero-order valence-corrected chi connectivity index (χ0v) is 11.3. The molecule has 1 aliphatic carbocycles. The van der Waals surface area contributed by atoms with Crippen LogP contribution in [0.2, 0.25) is 0 Å². The number of nitrogens with one attached hydrogen (secondary N) is 1. The Labute approximate surface area is 105 Å². The highest BCUT2D eigenvalue weighted by Gasteiger charge is 2.24. The molecule has 1 unspecified atom stereocenters. The zero-order valence-electron chi connectivity index (χ0n) is 11.3. The number of hydrogen-bond donors (Lipinski definition) is 1. The molecule has 17 heavy (non-hydrogen) atoms. The summed E-state index contributed by atoms with van der Waals surface area (Å²) >= 11 is 0. The van der Waals surface area contributed by atoms with Crippen molar-refractivity contribution in [1.82, 2.24) is 9.88 Å². The first-order chi connectivity index (χ1) is 8.33. The number of aryl methyl sites for hydroxylation is 1. The average molecular weight is 234 g/mol. The molecule has 96 valence electrons. The molecule has 1 aromatic rings. The molecule has 2 heteroatoms. The predicted octanol–water partition coefficient (Wildman–Crippen LogP) is 3.57. The highest BCUT2D eigenvalue weighted by Crippen LogP contribution is 2.34. The van der Waals surface area contributed by atoms with E-state index in [0.717, 1.165) is 19.0 Å². The van der Waals surface area contributed by atoms with Crippen molar-refractivity contribution in [2.45, 2.75) is 65.1 Å². The molecule has 0 spiro atoms. The van der Waals surface area contributed by atoms with Crippen LogP contribution in [0.5, 0.6) is 0 Å². The summed E-state index contributed by atoms with van der Waals surface area (Å²) < 4.78 is 2.37. The maximum Gasteiger partial charge on any atom is 0.0361 e. The minimum absolute atomic E-state index is 0.715. The lowest BCUT2D eigenvalue weighted by Gasteiger charge is -2.17. The second kappa shape index (κ2) is 6.25. The van der Waals surface area contributed by atoms with Crippen LogP contribution in [0.1, 0.15) is 51.6 Å². The van der Waals surface area contributed by atoms with Gasteiger partial charge in [-0.05, 0) is 37.3 Å². The Kier molecular flexibility index (Phi) is 4.66. The Hall–Kier alpha value is -0.760. The van der Waals surface area contributed by atoms with Gasteiger partial charge in [0.15, 0.2) is 0 Å². The van der Waals surface area contributed by atoms with Gasteiger partial charge in [0.1, 0.15) is 0 Å². The van der Waals surface area contributed by atoms with Crippen LogP contribution in [0.3, 0.4) is 0 Å². The molecule has 0 saturated heterocycles. The molecule has 0 bridgehead atoms. The van der Waals surface area contributed by atoms with Crippen molar-refractivity contribution in [2.24, 2.45) is 5.92 Å². The summed E-state index contributed by atoms with van der Waals surface area (Å²) in [4.78, 5) is 0. The van der Waals surface area contributed by atoms with E-state index in [1.54, 1.807) is 0 Å². The monoisotopic (exact) mass is 234 g/mol. The molecule has 1 N–H and O–H groups in total. The van der Waals surface area contributed by atoms with E-state index in [4.69, 9.17) is 0 Å². The first kappa shape index (κ1) is 12.7. The van der Waals surface area contributed by atoms with Gasteiger partial charge in [-0.1, -0.05) is 26.7 Å². The van der Waals surface area contributed by atoms with Crippen LogP contribution in [0.15, 0.2) is 18.3 Å². The Morgan fingerprint density at radius 2 is 2.24 bits per heavy atom. The van der Waals surface area contributed by atoms with Gasteiger partial charge >= 0.3 is 0 Å². The van der Waals surface area contributed by atoms with Crippen molar-refractivity contribution >= 4 is 0 Å². The second-order valence-electron chi connectivity index (χ2n) is 5.36. The third-order valence-corrected chi connectivity index (χ3v) is 3.77. The van der Waals surface area contributed by atoms with Gasteiger partial charge in [0, 0.05) is 31.0 Å². The van der Waals surface area contributed by atoms with E-state index in [-0.39, 0.29) is 0 Å². The molecule has 2 nitrogen and oxygen atoms in total. The third kappa shape index (κ3) is 3.88. The van der Waals surface area contributed by atoms with E-state index < -0.39 is 0 Å². The number of nitrogens with zero attached hydrogens (tertiary/aromatic N) is 1. The molecule has 0 aromatic carbocycles. The Balaban J connectivity index is 1.80. The van der Waals surface area contributed by atoms with Gasteiger partial charge in [-0.25, -0.2) is 0 Å². The van der Waals surface area contributed by atoms with Crippen LogP contribution in [-0.2, 0) is 13.1 Å². The van der Waals surface area contributed by atoms with Gasteiger partial charge in [0.2, 0.25) is 0 Å². The largest absolute Gasteiger partial charge is 0.350 e. The number of aromatic nitrogens is 1. The second-order valence-corrected chi connectivity index (χ2v) is 5.36. The van der Waals surface area contributed by atoms with E-state index in [1.165, 1.54) is 37.8 Å². The van der Waals surface area contributed by atoms with Crippen molar-refractivity contribution in [2.75, 3.05) is 0 Å². The maximum atomic E-state index is 3.72. The molecule has 1 fully saturated rings. The van der Waals surface area contributed by atoms with E-state index in [0.29, 0.717) is 6.04 Å². The summed E-state index contributed by atoms with van der Waals surface area (Å²) in [5.74, 6) is 1.02. The molecule has 2 rings (SSSR count). The van der Waals surface area contributed by atoms with Gasteiger partial charge < -0.3 is 9.88 Å². The molecule has 1 aromatic heterocycles. The number of hydrogen-bond acceptors (Lipinski definition) is 1. The molecule has 1 saturated carbocycles. The normalized spacial score (nSPS) is 17.3. The fraction of sp³-hybridized carbons (Fsp3) is 0.733. The van der Waals surface area contributed by atoms with Gasteiger partial charge in [-0.15, -0.1) is 0 Å². The quantitative estimate of drug-likeness (QED) is 0.727. The first-order valence-corrected chi connectivity index (χ1v) is 7.20. The van der Waals surface area contributed by atoms with Crippen LogP contribution >= 0.6 is 0 Å². The fourth-order valence-corrected chi connectivity index (χ4v) is 2.47. The third-order valence-electron chi connectivity index (χ3n) is 3.77. The lowest BCUT2D eigenvalue weighted by molar-refractivity contribution is 0.436. The van der Waals surface area contributed by atoms with Crippen molar-refractivity contribution in [3.05, 3.63) is 24.0 Å². The summed E-state index contributed by atoms with van der Waals surface area (Å²) in [6.45, 7) is 6.70. The van der Waals surface area contributed by atoms with Crippen molar-refractivity contribution in [3.63, 3.8) is 0 Å².